The fraction of sp³-hybridized carbons (Fsp3) is 0.167. The number of Topliss-reactive ketones (excluding diaryl/α,β-unsaturated/α-hetero) is 1. The van der Waals surface area contributed by atoms with Crippen molar-refractivity contribution in [3.05, 3.63) is 77.8 Å². The minimum absolute atomic E-state index is 0.0551. The summed E-state index contributed by atoms with van der Waals surface area (Å²) in [6.45, 7) is 0.0826. The van der Waals surface area contributed by atoms with E-state index in [1.807, 2.05) is 31.1 Å². The second-order valence-corrected chi connectivity index (χ2v) is 7.66. The average Bonchev–Trinajstić information content (AvgIpc) is 3.53. The number of aliphatic hydroxyl groups is 1. The van der Waals surface area contributed by atoms with Crippen LogP contribution in [0, 0.1) is 0 Å². The van der Waals surface area contributed by atoms with Crippen LogP contribution < -0.4 is 19.3 Å². The molecule has 8 nitrogen and oxygen atoms in total. The normalized spacial score (nSPS) is 18.9. The predicted octanol–water partition coefficient (Wildman–Crippen LogP) is 3.70. The summed E-state index contributed by atoms with van der Waals surface area (Å²) in [7, 11) is 3.82. The quantitative estimate of drug-likeness (QED) is 0.382. The minimum atomic E-state index is -0.916. The average molecular weight is 432 g/mol. The van der Waals surface area contributed by atoms with E-state index in [-0.39, 0.29) is 18.1 Å². The molecular weight excluding hydrogens is 412 g/mol. The molecule has 0 saturated carbocycles. The third-order valence-corrected chi connectivity index (χ3v) is 5.55. The lowest BCUT2D eigenvalue weighted by Gasteiger charge is -2.24. The second kappa shape index (κ2) is 7.49. The van der Waals surface area contributed by atoms with Gasteiger partial charge in [0.1, 0.15) is 17.6 Å². The molecule has 0 aliphatic carbocycles. The first kappa shape index (κ1) is 19.7. The Labute approximate surface area is 183 Å². The van der Waals surface area contributed by atoms with E-state index in [0.29, 0.717) is 28.5 Å². The van der Waals surface area contributed by atoms with E-state index in [0.717, 1.165) is 5.69 Å². The summed E-state index contributed by atoms with van der Waals surface area (Å²) in [5, 5.41) is 11.1. The van der Waals surface area contributed by atoms with Crippen LogP contribution in [0.5, 0.6) is 11.5 Å². The Kier molecular flexibility index (Phi) is 4.62. The van der Waals surface area contributed by atoms with E-state index in [9.17, 15) is 14.7 Å². The molecule has 8 heteroatoms. The van der Waals surface area contributed by atoms with Crippen molar-refractivity contribution >= 4 is 28.8 Å². The molecule has 1 saturated heterocycles. The van der Waals surface area contributed by atoms with Crippen LogP contribution in [0.2, 0.25) is 0 Å². The number of amides is 1. The highest BCUT2D eigenvalue weighted by molar-refractivity contribution is 6.51. The van der Waals surface area contributed by atoms with Crippen LogP contribution in [0.15, 0.2) is 70.9 Å². The molecule has 1 aromatic heterocycles. The molecule has 3 aromatic rings. The third-order valence-electron chi connectivity index (χ3n) is 5.55. The molecule has 5 rings (SSSR count). The van der Waals surface area contributed by atoms with Gasteiger partial charge in [0.15, 0.2) is 11.5 Å². The van der Waals surface area contributed by atoms with Gasteiger partial charge in [-0.3, -0.25) is 14.5 Å². The number of benzene rings is 2. The van der Waals surface area contributed by atoms with Crippen LogP contribution in [0.1, 0.15) is 17.4 Å². The smallest absolute Gasteiger partial charge is 0.300 e. The van der Waals surface area contributed by atoms with Crippen molar-refractivity contribution in [1.82, 2.24) is 0 Å². The van der Waals surface area contributed by atoms with Crippen LogP contribution in [0.25, 0.3) is 5.76 Å². The van der Waals surface area contributed by atoms with E-state index in [1.165, 1.54) is 11.2 Å². The lowest BCUT2D eigenvalue weighted by Crippen LogP contribution is -2.29. The summed E-state index contributed by atoms with van der Waals surface area (Å²) in [4.78, 5) is 29.5. The molecule has 162 valence electrons. The largest absolute Gasteiger partial charge is 0.507 e. The maximum absolute atomic E-state index is 13.1. The van der Waals surface area contributed by atoms with Gasteiger partial charge in [-0.05, 0) is 54.6 Å². The first-order chi connectivity index (χ1) is 15.5. The summed E-state index contributed by atoms with van der Waals surface area (Å²) < 4.78 is 16.3. The highest BCUT2D eigenvalue weighted by Crippen LogP contribution is 2.43. The van der Waals surface area contributed by atoms with Crippen molar-refractivity contribution in [2.45, 2.75) is 6.04 Å². The van der Waals surface area contributed by atoms with Crippen molar-refractivity contribution in [3.63, 3.8) is 0 Å². The molecular formula is C24H20N2O6. The molecule has 1 amide bonds. The van der Waals surface area contributed by atoms with Crippen molar-refractivity contribution < 1.29 is 28.6 Å². The molecule has 2 aliphatic heterocycles. The number of rotatable bonds is 4. The van der Waals surface area contributed by atoms with Gasteiger partial charge in [0, 0.05) is 31.0 Å². The predicted molar refractivity (Wildman–Crippen MR) is 117 cm³/mol. The molecule has 0 spiro atoms. The molecule has 1 unspecified atom stereocenters. The highest BCUT2D eigenvalue weighted by atomic mass is 16.7. The number of nitrogens with zero attached hydrogens (tertiary/aromatic N) is 2. The summed E-state index contributed by atoms with van der Waals surface area (Å²) in [5.41, 5.74) is 1.75. The Morgan fingerprint density at radius 2 is 1.78 bits per heavy atom. The number of ether oxygens (including phenoxy) is 2. The van der Waals surface area contributed by atoms with E-state index in [1.54, 1.807) is 42.5 Å². The number of fused-ring (bicyclic) bond motifs is 1. The van der Waals surface area contributed by atoms with E-state index in [2.05, 4.69) is 0 Å². The van der Waals surface area contributed by atoms with Gasteiger partial charge in [0.25, 0.3) is 11.7 Å². The summed E-state index contributed by atoms with van der Waals surface area (Å²) >= 11 is 0. The van der Waals surface area contributed by atoms with Crippen molar-refractivity contribution in [1.29, 1.82) is 0 Å². The van der Waals surface area contributed by atoms with Gasteiger partial charge < -0.3 is 23.9 Å². The number of hydrogen-bond acceptors (Lipinski definition) is 7. The number of hydrogen-bond donors (Lipinski definition) is 1. The lowest BCUT2D eigenvalue weighted by molar-refractivity contribution is -0.132. The zero-order valence-electron chi connectivity index (χ0n) is 17.4. The maximum Gasteiger partial charge on any atom is 0.300 e. The van der Waals surface area contributed by atoms with Gasteiger partial charge >= 0.3 is 0 Å². The van der Waals surface area contributed by atoms with E-state index < -0.39 is 17.7 Å². The molecule has 0 bridgehead atoms. The number of aliphatic hydroxyl groups excluding tert-OH is 1. The Hall–Kier alpha value is -4.20. The molecule has 2 aliphatic rings. The van der Waals surface area contributed by atoms with Crippen LogP contribution in [-0.4, -0.2) is 37.7 Å². The number of ketones is 1. The van der Waals surface area contributed by atoms with E-state index >= 15 is 0 Å². The van der Waals surface area contributed by atoms with Crippen molar-refractivity contribution in [3.8, 4) is 11.5 Å². The molecule has 0 radical (unpaired) electrons. The van der Waals surface area contributed by atoms with Gasteiger partial charge in [0.05, 0.1) is 11.8 Å². The fourth-order valence-electron chi connectivity index (χ4n) is 3.93. The second-order valence-electron chi connectivity index (χ2n) is 7.66. The van der Waals surface area contributed by atoms with Crippen LogP contribution in [0.3, 0.4) is 0 Å². The minimum Gasteiger partial charge on any atom is -0.507 e. The van der Waals surface area contributed by atoms with Gasteiger partial charge in [-0.1, -0.05) is 0 Å². The molecule has 1 fully saturated rings. The zero-order valence-corrected chi connectivity index (χ0v) is 17.4. The number of carbonyl (C=O) groups excluding carboxylic acids is 2. The third kappa shape index (κ3) is 3.08. The topological polar surface area (TPSA) is 92.5 Å². The highest BCUT2D eigenvalue weighted by Gasteiger charge is 2.48. The summed E-state index contributed by atoms with van der Waals surface area (Å²) in [6.07, 6.45) is 1.46. The Morgan fingerprint density at radius 1 is 1.03 bits per heavy atom. The van der Waals surface area contributed by atoms with Gasteiger partial charge in [-0.25, -0.2) is 0 Å². The number of anilines is 2. The number of furan rings is 1. The van der Waals surface area contributed by atoms with Crippen LogP contribution in [0.4, 0.5) is 11.4 Å². The molecule has 2 aromatic carbocycles. The van der Waals surface area contributed by atoms with Gasteiger partial charge in [0.2, 0.25) is 6.79 Å². The zero-order chi connectivity index (χ0) is 22.4. The molecule has 32 heavy (non-hydrogen) atoms. The SMILES string of the molecule is CN(C)c1ccc(N2C(=O)C(=O)/C(=C(\O)c3ccc4c(c3)OCO4)C2c2ccco2)cc1. The maximum atomic E-state index is 13.1. The first-order valence-electron chi connectivity index (χ1n) is 9.97. The van der Waals surface area contributed by atoms with Gasteiger partial charge in [-0.15, -0.1) is 0 Å². The monoisotopic (exact) mass is 432 g/mol. The lowest BCUT2D eigenvalue weighted by atomic mass is 9.99. The first-order valence-corrected chi connectivity index (χ1v) is 9.97. The van der Waals surface area contributed by atoms with Crippen molar-refractivity contribution in [2.75, 3.05) is 30.7 Å². The standard InChI is InChI=1S/C24H20N2O6/c1-25(2)15-6-8-16(9-7-15)26-21(18-4-3-11-30-18)20(23(28)24(26)29)22(27)14-5-10-17-19(12-14)32-13-31-17/h3-12,21,27H,13H2,1-2H3/b22-20-. The number of carbonyl (C=O) groups is 2. The molecule has 1 N–H and O–H groups in total. The van der Waals surface area contributed by atoms with E-state index in [4.69, 9.17) is 13.9 Å². The summed E-state index contributed by atoms with van der Waals surface area (Å²) in [6, 6.07) is 14.5. The Bertz CT molecular complexity index is 1230. The Balaban J connectivity index is 1.64. The van der Waals surface area contributed by atoms with Crippen LogP contribution in [-0.2, 0) is 9.59 Å². The van der Waals surface area contributed by atoms with Gasteiger partial charge in [-0.2, -0.15) is 0 Å². The van der Waals surface area contributed by atoms with Crippen LogP contribution >= 0.6 is 0 Å². The fourth-order valence-corrected chi connectivity index (χ4v) is 3.93. The van der Waals surface area contributed by atoms with Crippen molar-refractivity contribution in [2.24, 2.45) is 0 Å². The molecule has 3 heterocycles. The molecule has 1 atom stereocenters. The Morgan fingerprint density at radius 3 is 2.47 bits per heavy atom. The summed E-state index contributed by atoms with van der Waals surface area (Å²) in [5.74, 6) is -0.481.